The van der Waals surface area contributed by atoms with Crippen molar-refractivity contribution in [3.63, 3.8) is 0 Å². The Kier molecular flexibility index (Phi) is 28.5. The van der Waals surface area contributed by atoms with Crippen LogP contribution < -0.4 is 0 Å². The summed E-state index contributed by atoms with van der Waals surface area (Å²) in [4.78, 5) is 18.7. The van der Waals surface area contributed by atoms with Crippen molar-refractivity contribution in [1.29, 1.82) is 0 Å². The molecule has 0 atom stereocenters. The zero-order chi connectivity index (χ0) is 14.1. The van der Waals surface area contributed by atoms with Gasteiger partial charge in [0.15, 0.2) is 0 Å². The third-order valence-corrected chi connectivity index (χ3v) is 2.00. The number of carbonyl (C=O) groups is 2. The van der Waals surface area contributed by atoms with Gasteiger partial charge in [0.25, 0.3) is 0 Å². The van der Waals surface area contributed by atoms with E-state index in [1.807, 2.05) is 0 Å². The van der Waals surface area contributed by atoms with Crippen molar-refractivity contribution in [2.45, 2.75) is 0 Å². The molecule has 0 aliphatic carbocycles. The van der Waals surface area contributed by atoms with Crippen molar-refractivity contribution in [2.24, 2.45) is 0 Å². The van der Waals surface area contributed by atoms with Gasteiger partial charge in [-0.15, -0.1) is 0 Å². The number of aliphatic hydroxyl groups excluding tert-OH is 2. The molecule has 0 unspecified atom stereocenters. The summed E-state index contributed by atoms with van der Waals surface area (Å²) >= 11 is 3.56. The predicted octanol–water partition coefficient (Wildman–Crippen LogP) is -0.000400. The molecular formula is C8H16I2O7. The van der Waals surface area contributed by atoms with Crippen molar-refractivity contribution in [1.82, 2.24) is 0 Å². The van der Waals surface area contributed by atoms with Crippen LogP contribution in [-0.4, -0.2) is 67.6 Å². The van der Waals surface area contributed by atoms with E-state index < -0.39 is 11.9 Å². The molecule has 7 nitrogen and oxygen atoms in total. The van der Waals surface area contributed by atoms with Gasteiger partial charge in [-0.25, -0.2) is 0 Å². The van der Waals surface area contributed by atoms with Crippen LogP contribution in [0.15, 0.2) is 0 Å². The number of carboxylic acids is 2. The van der Waals surface area contributed by atoms with Crippen molar-refractivity contribution in [3.8, 4) is 0 Å². The van der Waals surface area contributed by atoms with Crippen LogP contribution in [0.3, 0.4) is 0 Å². The van der Waals surface area contributed by atoms with Gasteiger partial charge in [-0.3, -0.25) is 9.59 Å². The van der Waals surface area contributed by atoms with E-state index in [4.69, 9.17) is 20.4 Å². The molecule has 0 aliphatic heterocycles. The molecule has 0 spiro atoms. The Morgan fingerprint density at radius 1 is 0.882 bits per heavy atom. The lowest BCUT2D eigenvalue weighted by Gasteiger charge is -1.94. The minimum Gasteiger partial charge on any atom is -0.481 e. The van der Waals surface area contributed by atoms with Crippen LogP contribution in [0.25, 0.3) is 0 Å². The summed E-state index contributed by atoms with van der Waals surface area (Å²) in [6.07, 6.45) is 0. The van der Waals surface area contributed by atoms with E-state index >= 15 is 0 Å². The number of carboxylic acid groups (broad SMARTS) is 2. The zero-order valence-electron chi connectivity index (χ0n) is 9.01. The monoisotopic (exact) mass is 478 g/mol. The Labute approximate surface area is 126 Å². The van der Waals surface area contributed by atoms with Crippen molar-refractivity contribution >= 4 is 57.1 Å². The first-order valence-corrected chi connectivity index (χ1v) is 7.36. The van der Waals surface area contributed by atoms with Gasteiger partial charge in [-0.05, 0) is 0 Å². The second kappa shape index (κ2) is 21.6. The highest BCUT2D eigenvalue weighted by atomic mass is 127. The molecule has 0 heterocycles. The largest absolute Gasteiger partial charge is 0.481 e. The normalized spacial score (nSPS) is 8.24. The lowest BCUT2D eigenvalue weighted by atomic mass is 10.7. The highest BCUT2D eigenvalue weighted by molar-refractivity contribution is 14.1. The minimum atomic E-state index is -0.759. The fourth-order valence-electron chi connectivity index (χ4n) is 0.231. The van der Waals surface area contributed by atoms with Crippen LogP contribution in [-0.2, 0) is 14.3 Å². The average molecular weight is 478 g/mol. The van der Waals surface area contributed by atoms with Gasteiger partial charge in [-0.1, -0.05) is 45.2 Å². The summed E-state index contributed by atoms with van der Waals surface area (Å²) in [6, 6.07) is 0. The summed E-state index contributed by atoms with van der Waals surface area (Å²) < 4.78 is 5.02. The second-order valence-electron chi connectivity index (χ2n) is 2.11. The van der Waals surface area contributed by atoms with E-state index in [1.54, 1.807) is 45.2 Å². The predicted molar refractivity (Wildman–Crippen MR) is 78.0 cm³/mol. The van der Waals surface area contributed by atoms with Crippen LogP contribution in [0.1, 0.15) is 0 Å². The molecule has 17 heavy (non-hydrogen) atoms. The molecule has 0 fully saturated rings. The summed E-state index contributed by atoms with van der Waals surface area (Å²) in [5.41, 5.74) is 0. The lowest BCUT2D eigenvalue weighted by molar-refractivity contribution is -0.134. The minimum absolute atomic E-state index is 0.0278. The fourth-order valence-corrected chi connectivity index (χ4v) is 0.231. The molecule has 0 rings (SSSR count). The number of rotatable bonds is 6. The van der Waals surface area contributed by atoms with Crippen LogP contribution in [0.4, 0.5) is 0 Å². The Morgan fingerprint density at radius 3 is 1.24 bits per heavy atom. The molecule has 0 aliphatic rings. The van der Waals surface area contributed by atoms with E-state index in [0.29, 0.717) is 13.2 Å². The Bertz CT molecular complexity index is 159. The lowest BCUT2D eigenvalue weighted by Crippen LogP contribution is -2.03. The summed E-state index contributed by atoms with van der Waals surface area (Å²) in [6.45, 7) is 0.696. The van der Waals surface area contributed by atoms with E-state index in [9.17, 15) is 9.59 Å². The summed E-state index contributed by atoms with van der Waals surface area (Å²) in [7, 11) is 0. The molecule has 0 aromatic rings. The molecule has 4 N–H and O–H groups in total. The molecule has 0 aromatic heterocycles. The van der Waals surface area contributed by atoms with Gasteiger partial charge in [0, 0.05) is 0 Å². The zero-order valence-corrected chi connectivity index (χ0v) is 13.3. The van der Waals surface area contributed by atoms with Crippen molar-refractivity contribution < 1.29 is 34.8 Å². The first kappa shape index (κ1) is 22.5. The highest BCUT2D eigenvalue weighted by Gasteiger charge is 1.83. The fraction of sp³-hybridized carbons (Fsp3) is 0.750. The number of alkyl halides is 2. The van der Waals surface area contributed by atoms with Gasteiger partial charge in [-0.2, -0.15) is 0 Å². The molecule has 0 bridgehead atoms. The molecule has 0 aromatic carbocycles. The third kappa shape index (κ3) is 48.4. The molecular weight excluding hydrogens is 462 g/mol. The molecule has 0 radical (unpaired) electrons. The van der Waals surface area contributed by atoms with E-state index in [-0.39, 0.29) is 22.1 Å². The van der Waals surface area contributed by atoms with Crippen molar-refractivity contribution in [2.75, 3.05) is 35.3 Å². The van der Waals surface area contributed by atoms with Crippen LogP contribution >= 0.6 is 45.2 Å². The number of hydrogen-bond donors (Lipinski definition) is 4. The maximum absolute atomic E-state index is 9.36. The number of aliphatic carboxylic acids is 2. The highest BCUT2D eigenvalue weighted by Crippen LogP contribution is 1.75. The summed E-state index contributed by atoms with van der Waals surface area (Å²) in [5, 5.41) is 31.6. The number of ether oxygens (including phenoxy) is 1. The quantitative estimate of drug-likeness (QED) is 0.241. The van der Waals surface area contributed by atoms with Crippen molar-refractivity contribution in [3.05, 3.63) is 0 Å². The first-order valence-electron chi connectivity index (χ1n) is 4.31. The molecule has 0 amide bonds. The Balaban J connectivity index is -0.000000177. The van der Waals surface area contributed by atoms with Gasteiger partial charge < -0.3 is 25.2 Å². The molecule has 0 saturated heterocycles. The number of halogens is 2. The molecule has 0 saturated carbocycles. The standard InChI is InChI=1S/C4H10O3.2C2H3IO2/c5-1-3-7-4-2-6;2*3-1-2(4)5/h5-6H,1-4H2;2*1H2,(H,4,5). The third-order valence-electron chi connectivity index (χ3n) is 0.700. The topological polar surface area (TPSA) is 124 Å². The smallest absolute Gasteiger partial charge is 0.313 e. The van der Waals surface area contributed by atoms with Gasteiger partial charge >= 0.3 is 11.9 Å². The maximum atomic E-state index is 9.36. The second-order valence-corrected chi connectivity index (χ2v) is 3.64. The van der Waals surface area contributed by atoms with Crippen LogP contribution in [0.2, 0.25) is 0 Å². The summed E-state index contributed by atoms with van der Waals surface area (Å²) in [5.74, 6) is -1.52. The Morgan fingerprint density at radius 2 is 1.12 bits per heavy atom. The number of hydrogen-bond acceptors (Lipinski definition) is 5. The first-order chi connectivity index (χ1) is 7.95. The molecule has 104 valence electrons. The average Bonchev–Trinajstić information content (AvgIpc) is 2.31. The van der Waals surface area contributed by atoms with E-state index in [1.165, 1.54) is 0 Å². The van der Waals surface area contributed by atoms with Crippen LogP contribution in [0.5, 0.6) is 0 Å². The number of aliphatic hydroxyl groups is 2. The SMILES string of the molecule is O=C(O)CI.O=C(O)CI.OCCOCCO. The maximum Gasteiger partial charge on any atom is 0.313 e. The van der Waals surface area contributed by atoms with E-state index in [0.717, 1.165) is 0 Å². The van der Waals surface area contributed by atoms with Crippen LogP contribution in [0, 0.1) is 0 Å². The van der Waals surface area contributed by atoms with Gasteiger partial charge in [0.2, 0.25) is 0 Å². The van der Waals surface area contributed by atoms with Gasteiger partial charge in [0.05, 0.1) is 35.3 Å². The Hall–Kier alpha value is 0.280. The molecule has 9 heteroatoms. The van der Waals surface area contributed by atoms with Gasteiger partial charge in [0.1, 0.15) is 0 Å². The van der Waals surface area contributed by atoms with E-state index in [2.05, 4.69) is 4.74 Å².